The van der Waals surface area contributed by atoms with Crippen molar-refractivity contribution in [1.29, 1.82) is 0 Å². The normalized spacial score (nSPS) is 35.5. The van der Waals surface area contributed by atoms with Crippen molar-refractivity contribution >= 4 is 9.84 Å². The van der Waals surface area contributed by atoms with E-state index in [-0.39, 0.29) is 10.5 Å². The van der Waals surface area contributed by atoms with Crippen LogP contribution in [0.1, 0.15) is 25.7 Å². The van der Waals surface area contributed by atoms with Gasteiger partial charge in [-0.05, 0) is 31.8 Å². The highest BCUT2D eigenvalue weighted by molar-refractivity contribution is 7.93. The van der Waals surface area contributed by atoms with E-state index in [1.54, 1.807) is 6.08 Å². The van der Waals surface area contributed by atoms with Crippen molar-refractivity contribution in [3.63, 3.8) is 0 Å². The number of sulfone groups is 1. The Bertz CT molecular complexity index is 362. The molecule has 2 fully saturated rings. The quantitative estimate of drug-likeness (QED) is 0.547. The highest BCUT2D eigenvalue weighted by Gasteiger charge is 2.44. The first-order valence-electron chi connectivity index (χ1n) is 4.51. The van der Waals surface area contributed by atoms with Gasteiger partial charge in [-0.25, -0.2) is 8.42 Å². The summed E-state index contributed by atoms with van der Waals surface area (Å²) in [7, 11) is -2.79. The fourth-order valence-corrected chi connectivity index (χ4v) is 4.68. The molecule has 2 nitrogen and oxygen atoms in total. The van der Waals surface area contributed by atoms with Crippen LogP contribution in [0.4, 0.5) is 0 Å². The molecule has 2 aliphatic rings. The lowest BCUT2D eigenvalue weighted by atomic mass is 10.1. The second-order valence-electron chi connectivity index (χ2n) is 3.79. The molecule has 0 aromatic carbocycles. The fraction of sp³-hybridized carbons (Fsp3) is 0.600. The molecule has 3 heteroatoms. The van der Waals surface area contributed by atoms with Gasteiger partial charge in [-0.2, -0.15) is 0 Å². The molecule has 0 aromatic heterocycles. The van der Waals surface area contributed by atoms with Gasteiger partial charge in [0.1, 0.15) is 0 Å². The lowest BCUT2D eigenvalue weighted by Crippen LogP contribution is -2.28. The first-order chi connectivity index (χ1) is 6.14. The van der Waals surface area contributed by atoms with Gasteiger partial charge in [0.15, 0.2) is 9.84 Å². The number of hydrogen-bond acceptors (Lipinski definition) is 2. The molecule has 2 aliphatic heterocycles. The van der Waals surface area contributed by atoms with Crippen LogP contribution in [0.5, 0.6) is 0 Å². The maximum Gasteiger partial charge on any atom is 0.156 e. The molecular formula is C10H12O2S. The number of allylic oxidation sites excluding steroid dienone is 2. The third-order valence-corrected chi connectivity index (χ3v) is 5.67. The van der Waals surface area contributed by atoms with E-state index in [0.29, 0.717) is 12.8 Å². The van der Waals surface area contributed by atoms with Crippen molar-refractivity contribution in [2.24, 2.45) is 0 Å². The predicted molar refractivity (Wildman–Crippen MR) is 51.9 cm³/mol. The van der Waals surface area contributed by atoms with Crippen LogP contribution < -0.4 is 0 Å². The zero-order valence-electron chi connectivity index (χ0n) is 7.36. The lowest BCUT2D eigenvalue weighted by Gasteiger charge is -2.21. The minimum Gasteiger partial charge on any atom is -0.228 e. The summed E-state index contributed by atoms with van der Waals surface area (Å²) in [6.07, 6.45) is 9.89. The highest BCUT2D eigenvalue weighted by atomic mass is 32.2. The van der Waals surface area contributed by atoms with Gasteiger partial charge < -0.3 is 0 Å². The van der Waals surface area contributed by atoms with Gasteiger partial charge in [0.25, 0.3) is 0 Å². The zero-order chi connectivity index (χ0) is 9.47. The largest absolute Gasteiger partial charge is 0.228 e. The summed E-state index contributed by atoms with van der Waals surface area (Å²) in [5, 5.41) is -0.267. The lowest BCUT2D eigenvalue weighted by molar-refractivity contribution is 0.570. The van der Waals surface area contributed by atoms with Crippen molar-refractivity contribution in [1.82, 2.24) is 0 Å². The summed E-state index contributed by atoms with van der Waals surface area (Å²) in [5.41, 5.74) is 1.14. The third-order valence-electron chi connectivity index (χ3n) is 3.01. The van der Waals surface area contributed by atoms with Gasteiger partial charge in [0.2, 0.25) is 0 Å². The van der Waals surface area contributed by atoms with E-state index in [1.165, 1.54) is 0 Å². The molecule has 0 aromatic rings. The SMILES string of the molecule is C#CC=C1CC2CCC(C1)S2(=O)=O. The minimum absolute atomic E-state index is 0.133. The first-order valence-corrected chi connectivity index (χ1v) is 6.12. The van der Waals surface area contributed by atoms with Crippen LogP contribution in [0.15, 0.2) is 11.6 Å². The van der Waals surface area contributed by atoms with Crippen LogP contribution in [0, 0.1) is 12.3 Å². The Kier molecular flexibility index (Phi) is 1.96. The average Bonchev–Trinajstić information content (AvgIpc) is 2.29. The summed E-state index contributed by atoms with van der Waals surface area (Å²) in [4.78, 5) is 0. The average molecular weight is 196 g/mol. The van der Waals surface area contributed by atoms with Crippen molar-refractivity contribution in [3.8, 4) is 12.3 Å². The van der Waals surface area contributed by atoms with Crippen LogP contribution >= 0.6 is 0 Å². The first kappa shape index (κ1) is 8.83. The maximum atomic E-state index is 11.6. The monoisotopic (exact) mass is 196 g/mol. The Hall–Kier alpha value is -0.750. The van der Waals surface area contributed by atoms with E-state index in [2.05, 4.69) is 5.92 Å². The number of hydrogen-bond donors (Lipinski definition) is 0. The van der Waals surface area contributed by atoms with Crippen LogP contribution in [-0.2, 0) is 9.84 Å². The van der Waals surface area contributed by atoms with Crippen molar-refractivity contribution in [2.75, 3.05) is 0 Å². The molecule has 2 rings (SSSR count). The molecule has 2 bridgehead atoms. The van der Waals surface area contributed by atoms with Gasteiger partial charge in [0, 0.05) is 0 Å². The van der Waals surface area contributed by atoms with Crippen molar-refractivity contribution < 1.29 is 8.42 Å². The molecule has 2 unspecified atom stereocenters. The molecule has 0 aliphatic carbocycles. The van der Waals surface area contributed by atoms with Crippen molar-refractivity contribution in [2.45, 2.75) is 36.2 Å². The number of rotatable bonds is 0. The topological polar surface area (TPSA) is 34.1 Å². The Balaban J connectivity index is 2.31. The summed E-state index contributed by atoms with van der Waals surface area (Å²) in [6, 6.07) is 0. The second kappa shape index (κ2) is 2.88. The van der Waals surface area contributed by atoms with Gasteiger partial charge in [-0.3, -0.25) is 0 Å². The third kappa shape index (κ3) is 1.30. The molecule has 70 valence electrons. The molecule has 2 atom stereocenters. The molecule has 0 N–H and O–H groups in total. The van der Waals surface area contributed by atoms with E-state index in [9.17, 15) is 8.42 Å². The fourth-order valence-electron chi connectivity index (χ4n) is 2.31. The Morgan fingerprint density at radius 3 is 2.31 bits per heavy atom. The van der Waals surface area contributed by atoms with E-state index >= 15 is 0 Å². The van der Waals surface area contributed by atoms with Gasteiger partial charge in [-0.15, -0.1) is 6.42 Å². The van der Waals surface area contributed by atoms with Crippen LogP contribution in [0.3, 0.4) is 0 Å². The number of fused-ring (bicyclic) bond motifs is 2. The second-order valence-corrected chi connectivity index (χ2v) is 6.30. The Labute approximate surface area is 78.9 Å². The highest BCUT2D eigenvalue weighted by Crippen LogP contribution is 2.40. The maximum absolute atomic E-state index is 11.6. The molecule has 0 amide bonds. The molecule has 0 saturated carbocycles. The van der Waals surface area contributed by atoms with Gasteiger partial charge >= 0.3 is 0 Å². The Morgan fingerprint density at radius 2 is 1.85 bits per heavy atom. The number of terminal acetylenes is 1. The van der Waals surface area contributed by atoms with E-state index in [0.717, 1.165) is 18.4 Å². The van der Waals surface area contributed by atoms with Crippen LogP contribution in [0.25, 0.3) is 0 Å². The van der Waals surface area contributed by atoms with Crippen LogP contribution in [0.2, 0.25) is 0 Å². The summed E-state index contributed by atoms with van der Waals surface area (Å²) < 4.78 is 23.3. The standard InChI is InChI=1S/C10H12O2S/c1-2-3-8-6-9-4-5-10(7-8)13(9,11)12/h1,3,9-10H,4-7H2. The minimum atomic E-state index is -2.79. The smallest absolute Gasteiger partial charge is 0.156 e. The van der Waals surface area contributed by atoms with Crippen LogP contribution in [-0.4, -0.2) is 18.9 Å². The van der Waals surface area contributed by atoms with Gasteiger partial charge in [0.05, 0.1) is 10.5 Å². The summed E-state index contributed by atoms with van der Waals surface area (Å²) in [6.45, 7) is 0. The summed E-state index contributed by atoms with van der Waals surface area (Å²) >= 11 is 0. The van der Waals surface area contributed by atoms with E-state index in [4.69, 9.17) is 6.42 Å². The summed E-state index contributed by atoms with van der Waals surface area (Å²) in [5.74, 6) is 2.48. The zero-order valence-corrected chi connectivity index (χ0v) is 8.18. The molecular weight excluding hydrogens is 184 g/mol. The van der Waals surface area contributed by atoms with E-state index in [1.807, 2.05) is 0 Å². The Morgan fingerprint density at radius 1 is 1.31 bits per heavy atom. The molecule has 2 heterocycles. The molecule has 13 heavy (non-hydrogen) atoms. The van der Waals surface area contributed by atoms with Crippen molar-refractivity contribution in [3.05, 3.63) is 11.6 Å². The molecule has 0 radical (unpaired) electrons. The van der Waals surface area contributed by atoms with E-state index < -0.39 is 9.84 Å². The molecule has 0 spiro atoms. The molecule has 2 saturated heterocycles. The van der Waals surface area contributed by atoms with Gasteiger partial charge in [-0.1, -0.05) is 11.5 Å². The predicted octanol–water partition coefficient (Wildman–Crippen LogP) is 1.29.